The second-order valence-corrected chi connectivity index (χ2v) is 30.3. The van der Waals surface area contributed by atoms with Gasteiger partial charge in [-0.2, -0.15) is 0 Å². The van der Waals surface area contributed by atoms with Gasteiger partial charge in [0.25, 0.3) is 0 Å². The zero-order valence-electron chi connectivity index (χ0n) is 83.9. The van der Waals surface area contributed by atoms with E-state index in [0.717, 1.165) is 83.8 Å². The molecule has 530 valence electrons. The molecule has 0 aliphatic heterocycles. The number of rotatable bonds is 12. The van der Waals surface area contributed by atoms with E-state index in [1.807, 2.05) is 231 Å². The molecule has 0 spiro atoms. The fraction of sp³-hybridized carbons (Fsp3) is 0.421. The van der Waals surface area contributed by atoms with Gasteiger partial charge in [-0.1, -0.05) is 200 Å². The molecular formula is C95H130N5+5. The Labute approximate surface area is 634 Å². The average molecular weight is 1360 g/mol. The van der Waals surface area contributed by atoms with Crippen molar-refractivity contribution in [2.24, 2.45) is 46.1 Å². The van der Waals surface area contributed by atoms with E-state index in [9.17, 15) is 0 Å². The Morgan fingerprint density at radius 1 is 0.310 bits per heavy atom. The van der Waals surface area contributed by atoms with Gasteiger partial charge in [0.2, 0.25) is 28.5 Å². The third-order valence-corrected chi connectivity index (χ3v) is 17.7. The number of aryl methyl sites for hydroxylation is 15. The Balaban J connectivity index is 0.000000232. The Bertz CT molecular complexity index is 5190. The molecule has 10 rings (SSSR count). The Morgan fingerprint density at radius 2 is 0.640 bits per heavy atom. The standard InChI is InChI=1S/C24H36N.C19H26N.C18H24N.2C17H22N/c1-17-10-11-21(18(2)12-17)22-13-19(14-23(3,4)5)20(16-25(22)9)15-24(6,7)8;1-13(2)17-11-19(16-10-8-7-9-15(16)5)20(6)12-18(17)14(3)4;1-12(2)17-11-19(6)18(10-15(17)5)16-8-7-13(3)9-14(16)4;1-12(2)15-7-9-17(18(5)11-15)16-8-6-13(3)10-14(16)4;1-12(2)16-11-18(5)17(10-14(16)4)15-9-7-6-8-13(15)3/h10-13,16H,14-15H2,1-9H3;7-14H,1-6H3;7-12H,1-6H3;2*6-12H,1-5H3/q5*+1/i1D3,14D2,15D2;13D,14D;2*3D3,12D;12D. The Morgan fingerprint density at radius 3 is 0.990 bits per heavy atom. The maximum absolute atomic E-state index is 8.96. The number of pyridine rings is 5. The van der Waals surface area contributed by atoms with Crippen molar-refractivity contribution in [2.45, 2.75) is 222 Å². The van der Waals surface area contributed by atoms with E-state index < -0.39 is 73.6 Å². The molecule has 0 radical (unpaired) electrons. The number of hydrogen-bond donors (Lipinski definition) is 0. The van der Waals surface area contributed by atoms with Gasteiger partial charge in [0, 0.05) is 111 Å². The summed E-state index contributed by atoms with van der Waals surface area (Å²) in [7, 11) is 9.78. The van der Waals surface area contributed by atoms with Crippen molar-refractivity contribution in [3.8, 4) is 56.3 Å². The summed E-state index contributed by atoms with van der Waals surface area (Å²) in [5.41, 5.74) is 22.5. The monoisotopic (exact) mass is 1360 g/mol. The number of benzene rings is 5. The van der Waals surface area contributed by atoms with Crippen LogP contribution in [0.25, 0.3) is 56.3 Å². The van der Waals surface area contributed by atoms with Gasteiger partial charge in [0.15, 0.2) is 31.0 Å². The quantitative estimate of drug-likeness (QED) is 0.109. The topological polar surface area (TPSA) is 19.4 Å². The minimum absolute atomic E-state index is 0.257. The molecule has 0 saturated heterocycles. The first kappa shape index (κ1) is 57.5. The first-order chi connectivity index (χ1) is 53.3. The molecule has 5 nitrogen and oxygen atoms in total. The lowest BCUT2D eigenvalue weighted by atomic mass is 9.81. The number of aromatic nitrogens is 5. The first-order valence-electron chi connectivity index (χ1n) is 43.9. The third-order valence-electron chi connectivity index (χ3n) is 17.7. The van der Waals surface area contributed by atoms with Crippen LogP contribution in [-0.4, -0.2) is 0 Å². The molecule has 0 unspecified atom stereocenters. The minimum atomic E-state index is -2.20. The number of nitrogens with zero attached hydrogens (tertiary/aromatic N) is 5. The normalized spacial score (nSPS) is 15.3. The highest BCUT2D eigenvalue weighted by Gasteiger charge is 2.26. The predicted molar refractivity (Wildman–Crippen MR) is 429 cm³/mol. The molecule has 5 heteroatoms. The molecule has 0 bridgehead atoms. The Kier molecular flexibility index (Phi) is 20.1. The van der Waals surface area contributed by atoms with Crippen LogP contribution in [0.3, 0.4) is 0 Å². The molecule has 0 aliphatic carbocycles. The predicted octanol–water partition coefficient (Wildman–Crippen LogP) is 22.8. The largest absolute Gasteiger partial charge is 0.212 e. The number of hydrogen-bond acceptors (Lipinski definition) is 0. The molecule has 10 aromatic rings. The molecule has 0 amide bonds. The zero-order chi connectivity index (χ0) is 90.3. The van der Waals surface area contributed by atoms with Gasteiger partial charge in [-0.05, 0) is 209 Å². The van der Waals surface area contributed by atoms with Crippen LogP contribution in [0.5, 0.6) is 0 Å². The molecule has 100 heavy (non-hydrogen) atoms. The van der Waals surface area contributed by atoms with Gasteiger partial charge in [-0.15, -0.1) is 0 Å². The summed E-state index contributed by atoms with van der Waals surface area (Å²) in [6.45, 7) is 37.4. The van der Waals surface area contributed by atoms with E-state index in [2.05, 4.69) is 97.7 Å². The SMILES string of the molecule is [2H]C(C)(C)c1c[n+](C)c(-c2ccccc2C)cc1C.[2H]C(C)(C)c1cc(-c2ccccc2C)[n+](C)cc1C([2H])(C)C.[2H]C([2H])([2H])c1ccc(-c2cc(C([2H])([2H])C(C)(C)C)c(C([2H])([2H])C(C)(C)C)c[n+]2C)c(C)c1.[2H]C([2H])([2H])c1ccc(-c2cc(C)c(C([2H])(C)C)c[n+]2C)c(C)c1.[2H]C([2H])([2H])c1ccc(-c2ccc(C([2H])(C)C)c[n+]2C)c(C)c1. The summed E-state index contributed by atoms with van der Waals surface area (Å²) in [5, 5.41) is 0. The van der Waals surface area contributed by atoms with Gasteiger partial charge in [-0.3, -0.25) is 0 Å². The van der Waals surface area contributed by atoms with E-state index in [4.69, 9.17) is 24.7 Å². The highest BCUT2D eigenvalue weighted by Crippen LogP contribution is 2.34. The highest BCUT2D eigenvalue weighted by molar-refractivity contribution is 5.66. The summed E-state index contributed by atoms with van der Waals surface area (Å²) in [6.07, 6.45) is 6.16. The molecule has 5 aromatic carbocycles. The molecule has 0 N–H and O–H groups in total. The van der Waals surface area contributed by atoms with Gasteiger partial charge < -0.3 is 0 Å². The van der Waals surface area contributed by atoms with Crippen molar-refractivity contribution < 1.29 is 47.5 Å². The summed E-state index contributed by atoms with van der Waals surface area (Å²) in [4.78, 5) is 0. The summed E-state index contributed by atoms with van der Waals surface area (Å²) in [5.74, 6) is -3.32. The minimum Gasteiger partial charge on any atom is -0.201 e. The molecule has 5 heterocycles. The van der Waals surface area contributed by atoms with Crippen LogP contribution in [-0.2, 0) is 48.0 Å². The van der Waals surface area contributed by atoms with Crippen LogP contribution < -0.4 is 22.8 Å². The van der Waals surface area contributed by atoms with Crippen LogP contribution in [0.4, 0.5) is 0 Å². The average Bonchev–Trinajstić information content (AvgIpc) is 0.733. The summed E-state index contributed by atoms with van der Waals surface area (Å²) in [6, 6.07) is 44.2. The van der Waals surface area contributed by atoms with Gasteiger partial charge >= 0.3 is 0 Å². The van der Waals surface area contributed by atoms with E-state index in [0.29, 0.717) is 27.9 Å². The lowest BCUT2D eigenvalue weighted by Gasteiger charge is -2.24. The first-order valence-corrected chi connectivity index (χ1v) is 34.9. The van der Waals surface area contributed by atoms with Crippen LogP contribution in [0.2, 0.25) is 0 Å². The maximum Gasteiger partial charge on any atom is 0.212 e. The van der Waals surface area contributed by atoms with Crippen molar-refractivity contribution in [3.63, 3.8) is 0 Å². The third kappa shape index (κ3) is 21.9. The van der Waals surface area contributed by atoms with Crippen LogP contribution in [0.1, 0.15) is 260 Å². The Hall–Kier alpha value is -8.15. The lowest BCUT2D eigenvalue weighted by molar-refractivity contribution is -0.661. The molecule has 0 fully saturated rings. The van der Waals surface area contributed by atoms with Crippen molar-refractivity contribution in [2.75, 3.05) is 0 Å². The second-order valence-electron chi connectivity index (χ2n) is 30.3. The molecule has 0 aliphatic rings. The van der Waals surface area contributed by atoms with Gasteiger partial charge in [0.05, 0.1) is 0 Å². The highest BCUT2D eigenvalue weighted by atomic mass is 14.9. The summed E-state index contributed by atoms with van der Waals surface area (Å²) >= 11 is 0. The summed E-state index contributed by atoms with van der Waals surface area (Å²) < 4.78 is 155. The van der Waals surface area contributed by atoms with Crippen LogP contribution >= 0.6 is 0 Å². The van der Waals surface area contributed by atoms with E-state index in [-0.39, 0.29) is 5.56 Å². The van der Waals surface area contributed by atoms with Gasteiger partial charge in [0.1, 0.15) is 35.2 Å². The van der Waals surface area contributed by atoms with E-state index in [1.54, 1.807) is 59.3 Å². The molecule has 0 saturated carbocycles. The molecule has 5 aromatic heterocycles. The second kappa shape index (κ2) is 35.0. The molecule has 0 atom stereocenters. The van der Waals surface area contributed by atoms with Crippen LogP contribution in [0.15, 0.2) is 171 Å². The van der Waals surface area contributed by atoms with Crippen molar-refractivity contribution in [1.29, 1.82) is 0 Å². The van der Waals surface area contributed by atoms with E-state index >= 15 is 0 Å². The van der Waals surface area contributed by atoms with E-state index in [1.165, 1.54) is 33.5 Å². The maximum atomic E-state index is 8.96. The lowest BCUT2D eigenvalue weighted by Crippen LogP contribution is -2.33. The van der Waals surface area contributed by atoms with Crippen LogP contribution in [0, 0.1) is 79.9 Å². The van der Waals surface area contributed by atoms with Crippen molar-refractivity contribution in [3.05, 3.63) is 265 Å². The van der Waals surface area contributed by atoms with Gasteiger partial charge in [-0.25, -0.2) is 22.8 Å². The fourth-order valence-electron chi connectivity index (χ4n) is 12.5. The smallest absolute Gasteiger partial charge is 0.201 e. The fourth-order valence-corrected chi connectivity index (χ4v) is 12.5. The van der Waals surface area contributed by atoms with Crippen molar-refractivity contribution >= 4 is 0 Å². The zero-order valence-corrected chi connectivity index (χ0v) is 65.9. The van der Waals surface area contributed by atoms with Crippen molar-refractivity contribution in [1.82, 2.24) is 0 Å². The molecular weight excluding hydrogens is 1210 g/mol.